The fourth-order valence-electron chi connectivity index (χ4n) is 6.23. The Morgan fingerprint density at radius 1 is 0.744 bits per heavy atom. The first-order chi connectivity index (χ1) is 19.3. The molecular weight excluding hydrogens is 476 g/mol. The Hall–Kier alpha value is -4.89. The molecule has 0 bridgehead atoms. The van der Waals surface area contributed by atoms with Crippen molar-refractivity contribution in [2.45, 2.75) is 18.9 Å². The van der Waals surface area contributed by atoms with Crippen molar-refractivity contribution in [3.63, 3.8) is 0 Å². The number of para-hydroxylation sites is 1. The molecule has 186 valence electrons. The van der Waals surface area contributed by atoms with E-state index in [-0.39, 0.29) is 0 Å². The standard InChI is InChI=1S/C36H26N2O/c1-3-9-24(10-4-1)23-38-32-17-15-26(27-16-18-34-31(22-27)28-13-7-8-14-33(28)39-34)21-30(32)29-19-20-37-35(36(29)38)25-11-5-2-6-12-25/h1-20,22,26H,21,23H2. The highest BCUT2D eigenvalue weighted by Gasteiger charge is 2.25. The molecule has 8 rings (SSSR count). The fraction of sp³-hybridized carbons (Fsp3) is 0.0833. The van der Waals surface area contributed by atoms with Gasteiger partial charge < -0.3 is 8.98 Å². The molecule has 39 heavy (non-hydrogen) atoms. The predicted octanol–water partition coefficient (Wildman–Crippen LogP) is 9.00. The van der Waals surface area contributed by atoms with Gasteiger partial charge in [-0.2, -0.15) is 0 Å². The molecule has 3 heterocycles. The average molecular weight is 503 g/mol. The summed E-state index contributed by atoms with van der Waals surface area (Å²) in [7, 11) is 0. The SMILES string of the molecule is C1=CC(c2ccc3oc4ccccc4c3c2)Cc2c1n(Cc1ccccc1)c1c(-c3ccccc3)nccc21. The van der Waals surface area contributed by atoms with Gasteiger partial charge in [0.15, 0.2) is 0 Å². The van der Waals surface area contributed by atoms with E-state index < -0.39 is 0 Å². The van der Waals surface area contributed by atoms with E-state index in [4.69, 9.17) is 9.40 Å². The monoisotopic (exact) mass is 502 g/mol. The van der Waals surface area contributed by atoms with Gasteiger partial charge in [-0.1, -0.05) is 91.0 Å². The number of fused-ring (bicyclic) bond motifs is 6. The molecule has 0 fully saturated rings. The first-order valence-electron chi connectivity index (χ1n) is 13.5. The van der Waals surface area contributed by atoms with Gasteiger partial charge in [-0.25, -0.2) is 0 Å². The summed E-state index contributed by atoms with van der Waals surface area (Å²) in [5, 5.41) is 3.65. The predicted molar refractivity (Wildman–Crippen MR) is 160 cm³/mol. The number of benzene rings is 4. The molecule has 0 amide bonds. The number of rotatable bonds is 4. The van der Waals surface area contributed by atoms with E-state index in [0.717, 1.165) is 35.4 Å². The average Bonchev–Trinajstić information content (AvgIpc) is 3.53. The van der Waals surface area contributed by atoms with Crippen LogP contribution in [0.25, 0.3) is 50.2 Å². The highest BCUT2D eigenvalue weighted by Crippen LogP contribution is 2.41. The van der Waals surface area contributed by atoms with Crippen LogP contribution in [0.3, 0.4) is 0 Å². The van der Waals surface area contributed by atoms with E-state index in [1.165, 1.54) is 44.1 Å². The van der Waals surface area contributed by atoms with Crippen molar-refractivity contribution in [3.05, 3.63) is 144 Å². The van der Waals surface area contributed by atoms with E-state index in [9.17, 15) is 0 Å². The van der Waals surface area contributed by atoms with E-state index in [0.29, 0.717) is 5.92 Å². The van der Waals surface area contributed by atoms with E-state index >= 15 is 0 Å². The maximum absolute atomic E-state index is 6.10. The number of nitrogens with zero attached hydrogens (tertiary/aromatic N) is 2. The molecule has 1 unspecified atom stereocenters. The lowest BCUT2D eigenvalue weighted by molar-refractivity contribution is 0.668. The van der Waals surface area contributed by atoms with Crippen molar-refractivity contribution in [3.8, 4) is 11.3 Å². The molecule has 0 N–H and O–H groups in total. The topological polar surface area (TPSA) is 31.0 Å². The zero-order valence-corrected chi connectivity index (χ0v) is 21.4. The van der Waals surface area contributed by atoms with Gasteiger partial charge in [-0.05, 0) is 53.5 Å². The summed E-state index contributed by atoms with van der Waals surface area (Å²) < 4.78 is 8.56. The molecule has 0 aliphatic heterocycles. The molecule has 0 spiro atoms. The number of furan rings is 1. The highest BCUT2D eigenvalue weighted by atomic mass is 16.3. The largest absolute Gasteiger partial charge is 0.456 e. The van der Waals surface area contributed by atoms with E-state index in [1.54, 1.807) is 0 Å². The van der Waals surface area contributed by atoms with Gasteiger partial charge in [0.25, 0.3) is 0 Å². The van der Waals surface area contributed by atoms with E-state index in [2.05, 4.69) is 114 Å². The van der Waals surface area contributed by atoms with Gasteiger partial charge in [0.2, 0.25) is 0 Å². The maximum atomic E-state index is 6.10. The first kappa shape index (κ1) is 22.1. The minimum Gasteiger partial charge on any atom is -0.456 e. The van der Waals surface area contributed by atoms with Crippen LogP contribution in [0, 0.1) is 0 Å². The summed E-state index contributed by atoms with van der Waals surface area (Å²) >= 11 is 0. The Labute approximate surface area is 226 Å². The Balaban J connectivity index is 1.29. The zero-order valence-electron chi connectivity index (χ0n) is 21.4. The number of allylic oxidation sites excluding steroid dienone is 1. The third-order valence-electron chi connectivity index (χ3n) is 8.09. The second kappa shape index (κ2) is 8.85. The molecule has 0 saturated heterocycles. The molecule has 0 saturated carbocycles. The summed E-state index contributed by atoms with van der Waals surface area (Å²) in [5.41, 5.74) is 10.5. The summed E-state index contributed by atoms with van der Waals surface area (Å²) in [4.78, 5) is 4.90. The van der Waals surface area contributed by atoms with Gasteiger partial charge in [0.05, 0.1) is 11.2 Å². The smallest absolute Gasteiger partial charge is 0.135 e. The Kier molecular flexibility index (Phi) is 5.02. The molecule has 1 aliphatic carbocycles. The van der Waals surface area contributed by atoms with Gasteiger partial charge in [0, 0.05) is 46.1 Å². The Morgan fingerprint density at radius 3 is 2.38 bits per heavy atom. The fourth-order valence-corrected chi connectivity index (χ4v) is 6.23. The first-order valence-corrected chi connectivity index (χ1v) is 13.5. The summed E-state index contributed by atoms with van der Waals surface area (Å²) in [5.74, 6) is 0.291. The van der Waals surface area contributed by atoms with Crippen LogP contribution in [0.1, 0.15) is 28.3 Å². The molecular formula is C36H26N2O. The molecule has 3 aromatic heterocycles. The zero-order chi connectivity index (χ0) is 25.8. The van der Waals surface area contributed by atoms with Crippen LogP contribution in [-0.4, -0.2) is 9.55 Å². The molecule has 3 heteroatoms. The maximum Gasteiger partial charge on any atom is 0.135 e. The lowest BCUT2D eigenvalue weighted by atomic mass is 9.86. The lowest BCUT2D eigenvalue weighted by Gasteiger charge is -2.19. The van der Waals surface area contributed by atoms with Crippen molar-refractivity contribution < 1.29 is 4.42 Å². The van der Waals surface area contributed by atoms with Crippen LogP contribution in [0.2, 0.25) is 0 Å². The van der Waals surface area contributed by atoms with Crippen LogP contribution in [0.15, 0.2) is 126 Å². The molecule has 1 atom stereocenters. The minimum absolute atomic E-state index is 0.291. The molecule has 3 nitrogen and oxygen atoms in total. The van der Waals surface area contributed by atoms with E-state index in [1.807, 2.05) is 18.3 Å². The van der Waals surface area contributed by atoms with Crippen LogP contribution >= 0.6 is 0 Å². The van der Waals surface area contributed by atoms with Crippen LogP contribution in [0.5, 0.6) is 0 Å². The quantitative estimate of drug-likeness (QED) is 0.240. The van der Waals surface area contributed by atoms with Crippen LogP contribution < -0.4 is 0 Å². The Morgan fingerprint density at radius 2 is 1.51 bits per heavy atom. The van der Waals surface area contributed by atoms with Crippen molar-refractivity contribution in [1.29, 1.82) is 0 Å². The van der Waals surface area contributed by atoms with Gasteiger partial charge in [0.1, 0.15) is 11.2 Å². The highest BCUT2D eigenvalue weighted by molar-refractivity contribution is 6.05. The van der Waals surface area contributed by atoms with Gasteiger partial charge in [-0.15, -0.1) is 0 Å². The third-order valence-corrected chi connectivity index (χ3v) is 8.09. The summed E-state index contributed by atoms with van der Waals surface area (Å²) in [6.07, 6.45) is 7.62. The van der Waals surface area contributed by atoms with Crippen LogP contribution in [-0.2, 0) is 13.0 Å². The van der Waals surface area contributed by atoms with Crippen LogP contribution in [0.4, 0.5) is 0 Å². The normalized spacial score (nSPS) is 14.8. The summed E-state index contributed by atoms with van der Waals surface area (Å²) in [6, 6.07) is 38.4. The van der Waals surface area contributed by atoms with Gasteiger partial charge in [-0.3, -0.25) is 4.98 Å². The molecule has 0 radical (unpaired) electrons. The number of aromatic nitrogens is 2. The molecule has 7 aromatic rings. The van der Waals surface area contributed by atoms with Crippen molar-refractivity contribution in [2.75, 3.05) is 0 Å². The second-order valence-corrected chi connectivity index (χ2v) is 10.4. The van der Waals surface area contributed by atoms with Crippen molar-refractivity contribution >= 4 is 38.9 Å². The Bertz CT molecular complexity index is 2010. The molecule has 4 aromatic carbocycles. The van der Waals surface area contributed by atoms with Crippen molar-refractivity contribution in [1.82, 2.24) is 9.55 Å². The van der Waals surface area contributed by atoms with Crippen molar-refractivity contribution in [2.24, 2.45) is 0 Å². The third kappa shape index (κ3) is 3.62. The molecule has 1 aliphatic rings. The second-order valence-electron chi connectivity index (χ2n) is 10.4. The number of pyridine rings is 1. The van der Waals surface area contributed by atoms with Gasteiger partial charge >= 0.3 is 0 Å². The summed E-state index contributed by atoms with van der Waals surface area (Å²) in [6.45, 7) is 0.806. The minimum atomic E-state index is 0.291. The number of hydrogen-bond acceptors (Lipinski definition) is 2. The number of hydrogen-bond donors (Lipinski definition) is 0. The lowest BCUT2D eigenvalue weighted by Crippen LogP contribution is -2.09.